The summed E-state index contributed by atoms with van der Waals surface area (Å²) in [5, 5.41) is 0. The summed E-state index contributed by atoms with van der Waals surface area (Å²) in [5.41, 5.74) is 8.89. The topological polar surface area (TPSA) is 91.2 Å². The maximum atomic E-state index is 12.3. The van der Waals surface area contributed by atoms with Gasteiger partial charge < -0.3 is 16.2 Å². The highest BCUT2D eigenvalue weighted by molar-refractivity contribution is 5.68. The summed E-state index contributed by atoms with van der Waals surface area (Å²) in [6, 6.07) is 0.625. The maximum absolute atomic E-state index is 12.3. The van der Waals surface area contributed by atoms with Crippen LogP contribution < -0.4 is 16.2 Å². The van der Waals surface area contributed by atoms with Crippen molar-refractivity contribution in [2.24, 2.45) is 11.5 Å². The smallest absolute Gasteiger partial charge is 0.408 e. The van der Waals surface area contributed by atoms with Crippen LogP contribution in [-0.2, 0) is 12.7 Å². The molecule has 0 unspecified atom stereocenters. The van der Waals surface area contributed by atoms with Crippen LogP contribution in [0.5, 0.6) is 5.75 Å². The van der Waals surface area contributed by atoms with Gasteiger partial charge in [-0.1, -0.05) is 0 Å². The van der Waals surface area contributed by atoms with Gasteiger partial charge in [-0.3, -0.25) is 4.98 Å². The molecular formula is C8H8F3N3O2. The molecule has 88 valence electrons. The molecule has 0 atom stereocenters. The van der Waals surface area contributed by atoms with Gasteiger partial charge in [-0.05, 0) is 6.07 Å². The quantitative estimate of drug-likeness (QED) is 0.800. The fraction of sp³-hybridized carbons (Fsp3) is 0.250. The molecule has 0 saturated heterocycles. The van der Waals surface area contributed by atoms with Crippen molar-refractivity contribution in [3.63, 3.8) is 0 Å². The Kier molecular flexibility index (Phi) is 3.33. The van der Waals surface area contributed by atoms with E-state index >= 15 is 0 Å². The number of ether oxygens (including phenoxy) is 1. The summed E-state index contributed by atoms with van der Waals surface area (Å²) in [5.74, 6) is -0.384. The molecule has 0 aliphatic carbocycles. The molecule has 0 fully saturated rings. The number of pyridine rings is 1. The summed E-state index contributed by atoms with van der Waals surface area (Å²) < 4.78 is 41.3. The molecule has 1 heterocycles. The van der Waals surface area contributed by atoms with Crippen LogP contribution in [0.1, 0.15) is 11.3 Å². The molecule has 0 aliphatic rings. The lowest BCUT2D eigenvalue weighted by atomic mass is 10.2. The second-order valence-electron chi connectivity index (χ2n) is 2.79. The zero-order valence-corrected chi connectivity index (χ0v) is 7.91. The van der Waals surface area contributed by atoms with E-state index in [0.29, 0.717) is 12.3 Å². The molecule has 0 saturated carbocycles. The lowest BCUT2D eigenvalue weighted by molar-refractivity contribution is -0.137. The molecule has 1 aromatic heterocycles. The summed E-state index contributed by atoms with van der Waals surface area (Å²) in [4.78, 5) is 13.9. The number of halogens is 3. The van der Waals surface area contributed by atoms with Gasteiger partial charge in [0.1, 0.15) is 0 Å². The van der Waals surface area contributed by atoms with Crippen molar-refractivity contribution in [1.29, 1.82) is 0 Å². The lowest BCUT2D eigenvalue weighted by Crippen LogP contribution is -2.19. The number of nitrogens with zero attached hydrogens (tertiary/aromatic N) is 1. The van der Waals surface area contributed by atoms with Gasteiger partial charge in [0.25, 0.3) is 0 Å². The Morgan fingerprint density at radius 2 is 2.12 bits per heavy atom. The van der Waals surface area contributed by atoms with Crippen molar-refractivity contribution in [2.45, 2.75) is 12.7 Å². The predicted molar refractivity (Wildman–Crippen MR) is 47.3 cm³/mol. The number of amides is 1. The van der Waals surface area contributed by atoms with E-state index in [0.717, 1.165) is 0 Å². The molecule has 8 heteroatoms. The molecule has 16 heavy (non-hydrogen) atoms. The molecule has 0 bridgehead atoms. The monoisotopic (exact) mass is 235 g/mol. The first kappa shape index (κ1) is 12.2. The number of primary amides is 1. The molecule has 5 nitrogen and oxygen atoms in total. The van der Waals surface area contributed by atoms with E-state index in [4.69, 9.17) is 11.5 Å². The predicted octanol–water partition coefficient (Wildman–Crippen LogP) is 1.02. The minimum atomic E-state index is -4.57. The fourth-order valence-corrected chi connectivity index (χ4v) is 0.978. The number of hydrogen-bond donors (Lipinski definition) is 2. The van der Waals surface area contributed by atoms with Crippen LogP contribution in [-0.4, -0.2) is 11.1 Å². The third kappa shape index (κ3) is 2.83. The SMILES string of the molecule is NCc1ncc(C(F)(F)F)cc1OC(N)=O. The Hall–Kier alpha value is -1.83. The van der Waals surface area contributed by atoms with Gasteiger partial charge in [0, 0.05) is 12.7 Å². The average molecular weight is 235 g/mol. The van der Waals surface area contributed by atoms with E-state index in [1.165, 1.54) is 0 Å². The molecule has 1 aromatic rings. The molecule has 1 rings (SSSR count). The largest absolute Gasteiger partial charge is 0.418 e. The van der Waals surface area contributed by atoms with Crippen molar-refractivity contribution in [3.05, 3.63) is 23.5 Å². The molecule has 0 radical (unpaired) electrons. The van der Waals surface area contributed by atoms with E-state index in [1.54, 1.807) is 0 Å². The molecule has 0 aromatic carbocycles. The number of carbonyl (C=O) groups is 1. The molecule has 0 aliphatic heterocycles. The van der Waals surface area contributed by atoms with Crippen LogP contribution >= 0.6 is 0 Å². The Bertz CT molecular complexity index is 406. The Morgan fingerprint density at radius 1 is 1.50 bits per heavy atom. The van der Waals surface area contributed by atoms with Gasteiger partial charge in [0.05, 0.1) is 11.3 Å². The van der Waals surface area contributed by atoms with E-state index in [2.05, 4.69) is 9.72 Å². The highest BCUT2D eigenvalue weighted by Crippen LogP contribution is 2.31. The van der Waals surface area contributed by atoms with Crippen LogP contribution in [0.3, 0.4) is 0 Å². The number of hydrogen-bond acceptors (Lipinski definition) is 4. The lowest BCUT2D eigenvalue weighted by Gasteiger charge is -2.10. The van der Waals surface area contributed by atoms with Gasteiger partial charge in [-0.25, -0.2) is 4.79 Å². The third-order valence-electron chi connectivity index (χ3n) is 1.66. The van der Waals surface area contributed by atoms with Gasteiger partial charge >= 0.3 is 12.3 Å². The second kappa shape index (κ2) is 4.35. The fourth-order valence-electron chi connectivity index (χ4n) is 0.978. The summed E-state index contributed by atoms with van der Waals surface area (Å²) in [7, 11) is 0. The van der Waals surface area contributed by atoms with E-state index in [-0.39, 0.29) is 18.0 Å². The number of carbonyl (C=O) groups excluding carboxylic acids is 1. The van der Waals surface area contributed by atoms with Crippen molar-refractivity contribution in [2.75, 3.05) is 0 Å². The normalized spacial score (nSPS) is 11.2. The Morgan fingerprint density at radius 3 is 2.56 bits per heavy atom. The van der Waals surface area contributed by atoms with Gasteiger partial charge in [0.2, 0.25) is 0 Å². The number of rotatable bonds is 2. The van der Waals surface area contributed by atoms with E-state index in [9.17, 15) is 18.0 Å². The Labute approximate surface area is 88.2 Å². The molecule has 0 spiro atoms. The minimum absolute atomic E-state index is 0.0202. The number of alkyl halides is 3. The molecule has 1 amide bonds. The van der Waals surface area contributed by atoms with Crippen molar-refractivity contribution < 1.29 is 22.7 Å². The van der Waals surface area contributed by atoms with Gasteiger partial charge in [-0.15, -0.1) is 0 Å². The highest BCUT2D eigenvalue weighted by Gasteiger charge is 2.32. The number of nitrogens with two attached hydrogens (primary N) is 2. The van der Waals surface area contributed by atoms with Gasteiger partial charge in [-0.2, -0.15) is 13.2 Å². The minimum Gasteiger partial charge on any atom is -0.408 e. The second-order valence-corrected chi connectivity index (χ2v) is 2.79. The van der Waals surface area contributed by atoms with E-state index < -0.39 is 17.8 Å². The summed E-state index contributed by atoms with van der Waals surface area (Å²) in [6.45, 7) is -0.166. The van der Waals surface area contributed by atoms with Crippen LogP contribution in [0, 0.1) is 0 Å². The zero-order chi connectivity index (χ0) is 12.3. The van der Waals surface area contributed by atoms with Crippen molar-refractivity contribution in [3.8, 4) is 5.75 Å². The first-order chi connectivity index (χ1) is 7.34. The standard InChI is InChI=1S/C8H8F3N3O2/c9-8(10,11)4-1-6(16-7(13)15)5(2-12)14-3-4/h1,3H,2,12H2,(H2,13,15). The average Bonchev–Trinajstić information content (AvgIpc) is 2.15. The molecule has 4 N–H and O–H groups in total. The van der Waals surface area contributed by atoms with Crippen LogP contribution in [0.25, 0.3) is 0 Å². The van der Waals surface area contributed by atoms with E-state index in [1.807, 2.05) is 0 Å². The first-order valence-corrected chi connectivity index (χ1v) is 4.08. The zero-order valence-electron chi connectivity index (χ0n) is 7.91. The number of aromatic nitrogens is 1. The third-order valence-corrected chi connectivity index (χ3v) is 1.66. The highest BCUT2D eigenvalue weighted by atomic mass is 19.4. The van der Waals surface area contributed by atoms with Crippen LogP contribution in [0.4, 0.5) is 18.0 Å². The van der Waals surface area contributed by atoms with Crippen molar-refractivity contribution >= 4 is 6.09 Å². The van der Waals surface area contributed by atoms with Crippen LogP contribution in [0.2, 0.25) is 0 Å². The van der Waals surface area contributed by atoms with Crippen molar-refractivity contribution in [1.82, 2.24) is 4.98 Å². The molecular weight excluding hydrogens is 227 g/mol. The van der Waals surface area contributed by atoms with Gasteiger partial charge in [0.15, 0.2) is 5.75 Å². The van der Waals surface area contributed by atoms with Crippen LogP contribution in [0.15, 0.2) is 12.3 Å². The first-order valence-electron chi connectivity index (χ1n) is 4.08. The maximum Gasteiger partial charge on any atom is 0.418 e. The summed E-state index contributed by atoms with van der Waals surface area (Å²) >= 11 is 0. The summed E-state index contributed by atoms with van der Waals surface area (Å²) in [6.07, 6.45) is -5.19. The Balaban J connectivity index is 3.16.